The van der Waals surface area contributed by atoms with Crippen LogP contribution in [0.5, 0.6) is 0 Å². The van der Waals surface area contributed by atoms with Gasteiger partial charge in [0.2, 0.25) is 0 Å². The first-order valence-corrected chi connectivity index (χ1v) is 5.72. The summed E-state index contributed by atoms with van der Waals surface area (Å²) in [7, 11) is 0. The molecule has 0 aliphatic carbocycles. The van der Waals surface area contributed by atoms with Crippen molar-refractivity contribution in [2.75, 3.05) is 0 Å². The van der Waals surface area contributed by atoms with Crippen molar-refractivity contribution in [1.82, 2.24) is 0 Å². The molecule has 0 aliphatic rings. The largest absolute Gasteiger partial charge is 0.319 e. The zero-order valence-electron chi connectivity index (χ0n) is 10.1. The van der Waals surface area contributed by atoms with E-state index in [9.17, 15) is 4.79 Å². The topological polar surface area (TPSA) is 43.1 Å². The van der Waals surface area contributed by atoms with Crippen molar-refractivity contribution in [1.29, 1.82) is 0 Å². The zero-order valence-corrected chi connectivity index (χ0v) is 10.1. The molecule has 0 heterocycles. The number of nitrogens with two attached hydrogens (primary N) is 1. The molecule has 2 heteroatoms. The average molecular weight is 199 g/mol. The molecule has 0 fully saturated rings. The van der Waals surface area contributed by atoms with Crippen LogP contribution >= 0.6 is 0 Å². The van der Waals surface area contributed by atoms with Gasteiger partial charge in [0.15, 0.2) is 5.78 Å². The zero-order chi connectivity index (χ0) is 11.2. The number of Topliss-reactive ketones (excluding diaryl/α,β-unsaturated/α-hetero) is 1. The average Bonchev–Trinajstić information content (AvgIpc) is 2.03. The molecule has 0 amide bonds. The minimum atomic E-state index is -0.592. The highest BCUT2D eigenvalue weighted by Crippen LogP contribution is 2.15. The SMILES string of the molecule is CCCC(C)(N)C(=O)CCCC(C)C. The van der Waals surface area contributed by atoms with E-state index in [1.165, 1.54) is 0 Å². The fraction of sp³-hybridized carbons (Fsp3) is 0.917. The van der Waals surface area contributed by atoms with Crippen LogP contribution in [0.25, 0.3) is 0 Å². The number of rotatable bonds is 7. The molecule has 0 bridgehead atoms. The summed E-state index contributed by atoms with van der Waals surface area (Å²) in [6, 6.07) is 0. The van der Waals surface area contributed by atoms with Gasteiger partial charge in [0.25, 0.3) is 0 Å². The van der Waals surface area contributed by atoms with Crippen LogP contribution in [0.1, 0.15) is 59.8 Å². The monoisotopic (exact) mass is 199 g/mol. The van der Waals surface area contributed by atoms with Gasteiger partial charge in [-0.2, -0.15) is 0 Å². The van der Waals surface area contributed by atoms with Crippen molar-refractivity contribution in [3.63, 3.8) is 0 Å². The number of carbonyl (C=O) groups excluding carboxylic acids is 1. The maximum atomic E-state index is 11.7. The van der Waals surface area contributed by atoms with Gasteiger partial charge in [0, 0.05) is 6.42 Å². The predicted molar refractivity (Wildman–Crippen MR) is 61.2 cm³/mol. The molecule has 0 saturated carbocycles. The Morgan fingerprint density at radius 3 is 2.43 bits per heavy atom. The highest BCUT2D eigenvalue weighted by atomic mass is 16.1. The Kier molecular flexibility index (Phi) is 6.01. The van der Waals surface area contributed by atoms with Gasteiger partial charge in [-0.05, 0) is 25.7 Å². The van der Waals surface area contributed by atoms with E-state index in [2.05, 4.69) is 20.8 Å². The lowest BCUT2D eigenvalue weighted by molar-refractivity contribution is -0.124. The van der Waals surface area contributed by atoms with Gasteiger partial charge in [-0.25, -0.2) is 0 Å². The molecule has 0 aromatic rings. The van der Waals surface area contributed by atoms with Gasteiger partial charge in [-0.1, -0.05) is 33.6 Å². The Labute approximate surface area is 88.3 Å². The van der Waals surface area contributed by atoms with Crippen LogP contribution in [0, 0.1) is 5.92 Å². The highest BCUT2D eigenvalue weighted by Gasteiger charge is 2.25. The van der Waals surface area contributed by atoms with Crippen LogP contribution in [0.2, 0.25) is 0 Å². The lowest BCUT2D eigenvalue weighted by atomic mass is 9.89. The van der Waals surface area contributed by atoms with Gasteiger partial charge in [-0.3, -0.25) is 4.79 Å². The molecule has 84 valence electrons. The quantitative estimate of drug-likeness (QED) is 0.685. The third-order valence-corrected chi connectivity index (χ3v) is 2.59. The molecular formula is C12H25NO. The molecule has 0 radical (unpaired) electrons. The molecule has 0 saturated heterocycles. The number of hydrogen-bond donors (Lipinski definition) is 1. The van der Waals surface area contributed by atoms with Crippen LogP contribution in [0.3, 0.4) is 0 Å². The van der Waals surface area contributed by atoms with Crippen LogP contribution in [0.4, 0.5) is 0 Å². The number of hydrogen-bond acceptors (Lipinski definition) is 2. The first-order valence-electron chi connectivity index (χ1n) is 5.72. The van der Waals surface area contributed by atoms with Crippen LogP contribution in [-0.2, 0) is 4.79 Å². The Hall–Kier alpha value is -0.370. The third-order valence-electron chi connectivity index (χ3n) is 2.59. The lowest BCUT2D eigenvalue weighted by Gasteiger charge is -2.22. The van der Waals surface area contributed by atoms with E-state index in [1.807, 2.05) is 6.92 Å². The van der Waals surface area contributed by atoms with Gasteiger partial charge < -0.3 is 5.73 Å². The first-order chi connectivity index (χ1) is 6.40. The molecule has 0 aromatic carbocycles. The third kappa shape index (κ3) is 5.38. The van der Waals surface area contributed by atoms with Crippen LogP contribution in [0.15, 0.2) is 0 Å². The number of carbonyl (C=O) groups is 1. The molecule has 1 atom stereocenters. The molecule has 2 N–H and O–H groups in total. The highest BCUT2D eigenvalue weighted by molar-refractivity contribution is 5.87. The Bertz CT molecular complexity index is 173. The molecule has 14 heavy (non-hydrogen) atoms. The Balaban J connectivity index is 3.83. The fourth-order valence-corrected chi connectivity index (χ4v) is 1.62. The fourth-order valence-electron chi connectivity index (χ4n) is 1.62. The maximum Gasteiger partial charge on any atom is 0.152 e. The molecule has 1 unspecified atom stereocenters. The summed E-state index contributed by atoms with van der Waals surface area (Å²) in [6.45, 7) is 8.27. The number of ketones is 1. The van der Waals surface area contributed by atoms with Crippen molar-refractivity contribution in [3.8, 4) is 0 Å². The van der Waals surface area contributed by atoms with E-state index in [0.717, 1.165) is 25.7 Å². The molecule has 2 nitrogen and oxygen atoms in total. The van der Waals surface area contributed by atoms with Gasteiger partial charge >= 0.3 is 0 Å². The van der Waals surface area contributed by atoms with E-state index >= 15 is 0 Å². The van der Waals surface area contributed by atoms with Gasteiger partial charge in [-0.15, -0.1) is 0 Å². The van der Waals surface area contributed by atoms with E-state index in [0.29, 0.717) is 12.3 Å². The second-order valence-corrected chi connectivity index (χ2v) is 4.88. The van der Waals surface area contributed by atoms with Crippen molar-refractivity contribution in [2.24, 2.45) is 11.7 Å². The maximum absolute atomic E-state index is 11.7. The molecule has 0 aromatic heterocycles. The predicted octanol–water partition coefficient (Wildman–Crippen LogP) is 2.90. The van der Waals surface area contributed by atoms with E-state index in [4.69, 9.17) is 5.73 Å². The summed E-state index contributed by atoms with van der Waals surface area (Å²) in [6.07, 6.45) is 4.52. The second-order valence-electron chi connectivity index (χ2n) is 4.88. The smallest absolute Gasteiger partial charge is 0.152 e. The van der Waals surface area contributed by atoms with Crippen LogP contribution < -0.4 is 5.73 Å². The first kappa shape index (κ1) is 13.6. The standard InChI is InChI=1S/C12H25NO/c1-5-9-12(4,13)11(14)8-6-7-10(2)3/h10H,5-9,13H2,1-4H3. The van der Waals surface area contributed by atoms with Crippen molar-refractivity contribution >= 4 is 5.78 Å². The van der Waals surface area contributed by atoms with E-state index in [1.54, 1.807) is 0 Å². The summed E-state index contributed by atoms with van der Waals surface area (Å²) < 4.78 is 0. The van der Waals surface area contributed by atoms with Crippen LogP contribution in [-0.4, -0.2) is 11.3 Å². The summed E-state index contributed by atoms with van der Waals surface area (Å²) in [4.78, 5) is 11.7. The summed E-state index contributed by atoms with van der Waals surface area (Å²) >= 11 is 0. The lowest BCUT2D eigenvalue weighted by Crippen LogP contribution is -2.44. The summed E-state index contributed by atoms with van der Waals surface area (Å²) in [5.41, 5.74) is 5.35. The molecule has 0 aliphatic heterocycles. The van der Waals surface area contributed by atoms with E-state index < -0.39 is 5.54 Å². The van der Waals surface area contributed by atoms with Gasteiger partial charge in [0.05, 0.1) is 5.54 Å². The van der Waals surface area contributed by atoms with Crippen molar-refractivity contribution < 1.29 is 4.79 Å². The molecular weight excluding hydrogens is 174 g/mol. The molecule has 0 rings (SSSR count). The minimum Gasteiger partial charge on any atom is -0.319 e. The van der Waals surface area contributed by atoms with Gasteiger partial charge in [0.1, 0.15) is 0 Å². The Morgan fingerprint density at radius 1 is 1.43 bits per heavy atom. The second kappa shape index (κ2) is 6.18. The molecule has 0 spiro atoms. The Morgan fingerprint density at radius 2 is 2.00 bits per heavy atom. The minimum absolute atomic E-state index is 0.222. The normalized spacial score (nSPS) is 15.6. The van der Waals surface area contributed by atoms with Crippen molar-refractivity contribution in [3.05, 3.63) is 0 Å². The summed E-state index contributed by atoms with van der Waals surface area (Å²) in [5.74, 6) is 0.901. The van der Waals surface area contributed by atoms with Crippen molar-refractivity contribution in [2.45, 2.75) is 65.3 Å². The summed E-state index contributed by atoms with van der Waals surface area (Å²) in [5, 5.41) is 0. The van der Waals surface area contributed by atoms with E-state index in [-0.39, 0.29) is 5.78 Å².